The maximum Gasteiger partial charge on any atom is 0.0224 e. The zero-order valence-corrected chi connectivity index (χ0v) is 6.28. The van der Waals surface area contributed by atoms with Gasteiger partial charge in [0.05, 0.1) is 0 Å². The van der Waals surface area contributed by atoms with Crippen LogP contribution in [0.25, 0.3) is 0 Å². The summed E-state index contributed by atoms with van der Waals surface area (Å²) in [5.41, 5.74) is 0.452. The summed E-state index contributed by atoms with van der Waals surface area (Å²) in [5.74, 6) is 0. The SMILES string of the molecule is C=CC(C)NC1(C)CC1. The van der Waals surface area contributed by atoms with Crippen LogP contribution < -0.4 is 5.32 Å². The first-order valence-electron chi connectivity index (χ1n) is 3.56. The molecule has 0 spiro atoms. The molecule has 0 aromatic rings. The number of rotatable bonds is 3. The Hall–Kier alpha value is -0.300. The van der Waals surface area contributed by atoms with E-state index in [2.05, 4.69) is 25.7 Å². The van der Waals surface area contributed by atoms with Gasteiger partial charge in [0, 0.05) is 11.6 Å². The normalized spacial score (nSPS) is 25.1. The molecule has 1 aliphatic rings. The average molecular weight is 125 g/mol. The van der Waals surface area contributed by atoms with Gasteiger partial charge in [-0.2, -0.15) is 0 Å². The molecule has 0 amide bonds. The smallest absolute Gasteiger partial charge is 0.0224 e. The second-order valence-corrected chi connectivity index (χ2v) is 3.23. The van der Waals surface area contributed by atoms with Crippen LogP contribution in [0.15, 0.2) is 12.7 Å². The highest BCUT2D eigenvalue weighted by atomic mass is 15.0. The van der Waals surface area contributed by atoms with Crippen molar-refractivity contribution in [1.82, 2.24) is 5.32 Å². The van der Waals surface area contributed by atoms with Crippen molar-refractivity contribution < 1.29 is 0 Å². The molecule has 52 valence electrons. The third kappa shape index (κ3) is 1.83. The summed E-state index contributed by atoms with van der Waals surface area (Å²) in [7, 11) is 0. The Morgan fingerprint density at radius 3 is 2.56 bits per heavy atom. The number of hydrogen-bond acceptors (Lipinski definition) is 1. The van der Waals surface area contributed by atoms with Gasteiger partial charge in [0.2, 0.25) is 0 Å². The van der Waals surface area contributed by atoms with Crippen molar-refractivity contribution in [3.63, 3.8) is 0 Å². The minimum absolute atomic E-state index is 0.452. The molecule has 1 fully saturated rings. The maximum absolute atomic E-state index is 3.71. The molecule has 1 rings (SSSR count). The summed E-state index contributed by atoms with van der Waals surface area (Å²) < 4.78 is 0. The van der Waals surface area contributed by atoms with Crippen molar-refractivity contribution in [1.29, 1.82) is 0 Å². The molecule has 1 aliphatic carbocycles. The monoisotopic (exact) mass is 125 g/mol. The minimum atomic E-state index is 0.452. The second kappa shape index (κ2) is 2.14. The van der Waals surface area contributed by atoms with E-state index in [9.17, 15) is 0 Å². The Bertz CT molecular complexity index is 114. The van der Waals surface area contributed by atoms with Gasteiger partial charge in [-0.25, -0.2) is 0 Å². The fourth-order valence-corrected chi connectivity index (χ4v) is 0.940. The predicted octanol–water partition coefficient (Wildman–Crippen LogP) is 1.70. The Balaban J connectivity index is 2.24. The Morgan fingerprint density at radius 2 is 2.22 bits per heavy atom. The van der Waals surface area contributed by atoms with E-state index in [-0.39, 0.29) is 0 Å². The van der Waals surface area contributed by atoms with Gasteiger partial charge >= 0.3 is 0 Å². The number of nitrogens with one attached hydrogen (secondary N) is 1. The van der Waals surface area contributed by atoms with Gasteiger partial charge in [0.15, 0.2) is 0 Å². The summed E-state index contributed by atoms with van der Waals surface area (Å²) in [5, 5.41) is 3.46. The molecule has 0 bridgehead atoms. The molecule has 0 aromatic heterocycles. The zero-order chi connectivity index (χ0) is 6.91. The molecule has 0 aliphatic heterocycles. The van der Waals surface area contributed by atoms with Gasteiger partial charge in [-0.1, -0.05) is 6.08 Å². The summed E-state index contributed by atoms with van der Waals surface area (Å²) in [6.07, 6.45) is 4.60. The van der Waals surface area contributed by atoms with Crippen molar-refractivity contribution in [2.45, 2.75) is 38.3 Å². The highest BCUT2D eigenvalue weighted by Crippen LogP contribution is 2.34. The first-order valence-corrected chi connectivity index (χ1v) is 3.56. The summed E-state index contributed by atoms with van der Waals surface area (Å²) in [4.78, 5) is 0. The molecule has 0 aromatic carbocycles. The van der Waals surface area contributed by atoms with Gasteiger partial charge in [-0.05, 0) is 26.7 Å². The standard InChI is InChI=1S/C8H15N/c1-4-7(2)9-8(3)5-6-8/h4,7,9H,1,5-6H2,2-3H3. The lowest BCUT2D eigenvalue weighted by molar-refractivity contribution is 0.505. The Labute approximate surface area is 57.1 Å². The lowest BCUT2D eigenvalue weighted by Crippen LogP contribution is -2.34. The largest absolute Gasteiger partial charge is 0.306 e. The molecule has 1 saturated carbocycles. The van der Waals surface area contributed by atoms with E-state index in [0.29, 0.717) is 11.6 Å². The van der Waals surface area contributed by atoms with Crippen LogP contribution in [0, 0.1) is 0 Å². The molecule has 1 atom stereocenters. The minimum Gasteiger partial charge on any atom is -0.306 e. The second-order valence-electron chi connectivity index (χ2n) is 3.23. The molecule has 1 heteroatoms. The van der Waals surface area contributed by atoms with Crippen LogP contribution >= 0.6 is 0 Å². The fraction of sp³-hybridized carbons (Fsp3) is 0.750. The van der Waals surface area contributed by atoms with E-state index in [1.54, 1.807) is 0 Å². The van der Waals surface area contributed by atoms with E-state index in [1.807, 2.05) is 6.08 Å². The molecule has 1 N–H and O–H groups in total. The van der Waals surface area contributed by atoms with Crippen molar-refractivity contribution in [3.8, 4) is 0 Å². The van der Waals surface area contributed by atoms with Crippen LogP contribution in [0.1, 0.15) is 26.7 Å². The molecule has 9 heavy (non-hydrogen) atoms. The lowest BCUT2D eigenvalue weighted by Gasteiger charge is -2.14. The van der Waals surface area contributed by atoms with Crippen LogP contribution in [0.2, 0.25) is 0 Å². The molecule has 0 saturated heterocycles. The molecular weight excluding hydrogens is 110 g/mol. The van der Waals surface area contributed by atoms with Crippen LogP contribution in [0.5, 0.6) is 0 Å². The van der Waals surface area contributed by atoms with Crippen LogP contribution in [0.3, 0.4) is 0 Å². The number of hydrogen-bond donors (Lipinski definition) is 1. The van der Waals surface area contributed by atoms with Gasteiger partial charge < -0.3 is 5.32 Å². The van der Waals surface area contributed by atoms with Crippen LogP contribution in [-0.4, -0.2) is 11.6 Å². The van der Waals surface area contributed by atoms with E-state index >= 15 is 0 Å². The summed E-state index contributed by atoms with van der Waals surface area (Å²) >= 11 is 0. The van der Waals surface area contributed by atoms with Crippen molar-refractivity contribution in [2.24, 2.45) is 0 Å². The Kier molecular flexibility index (Phi) is 1.62. The van der Waals surface area contributed by atoms with E-state index < -0.39 is 0 Å². The van der Waals surface area contributed by atoms with Gasteiger partial charge in [0.25, 0.3) is 0 Å². The molecular formula is C8H15N. The highest BCUT2D eigenvalue weighted by Gasteiger charge is 2.37. The summed E-state index contributed by atoms with van der Waals surface area (Å²) in [6, 6.07) is 0.470. The predicted molar refractivity (Wildman–Crippen MR) is 40.4 cm³/mol. The van der Waals surface area contributed by atoms with Crippen LogP contribution in [0.4, 0.5) is 0 Å². The zero-order valence-electron chi connectivity index (χ0n) is 6.28. The molecule has 1 unspecified atom stereocenters. The first-order chi connectivity index (χ1) is 4.16. The Morgan fingerprint density at radius 1 is 1.67 bits per heavy atom. The molecule has 0 heterocycles. The topological polar surface area (TPSA) is 12.0 Å². The van der Waals surface area contributed by atoms with Gasteiger partial charge in [-0.15, -0.1) is 6.58 Å². The van der Waals surface area contributed by atoms with Crippen molar-refractivity contribution in [3.05, 3.63) is 12.7 Å². The first kappa shape index (κ1) is 6.81. The highest BCUT2D eigenvalue weighted by molar-refractivity contribution is 5.01. The lowest BCUT2D eigenvalue weighted by atomic mass is 10.2. The summed E-state index contributed by atoms with van der Waals surface area (Å²) in [6.45, 7) is 8.10. The van der Waals surface area contributed by atoms with Crippen molar-refractivity contribution in [2.75, 3.05) is 0 Å². The van der Waals surface area contributed by atoms with Crippen molar-refractivity contribution >= 4 is 0 Å². The molecule has 0 radical (unpaired) electrons. The maximum atomic E-state index is 3.71. The fourth-order valence-electron chi connectivity index (χ4n) is 0.940. The van der Waals surface area contributed by atoms with E-state index in [4.69, 9.17) is 0 Å². The average Bonchev–Trinajstić information content (AvgIpc) is 2.48. The third-order valence-electron chi connectivity index (χ3n) is 1.93. The van der Waals surface area contributed by atoms with E-state index in [1.165, 1.54) is 12.8 Å². The van der Waals surface area contributed by atoms with Crippen LogP contribution in [-0.2, 0) is 0 Å². The van der Waals surface area contributed by atoms with Gasteiger partial charge in [-0.3, -0.25) is 0 Å². The quantitative estimate of drug-likeness (QED) is 0.566. The third-order valence-corrected chi connectivity index (χ3v) is 1.93. The molecule has 1 nitrogen and oxygen atoms in total. The van der Waals surface area contributed by atoms with Gasteiger partial charge in [0.1, 0.15) is 0 Å². The van der Waals surface area contributed by atoms with E-state index in [0.717, 1.165) is 0 Å².